The Kier molecular flexibility index (Phi) is 7.40. The fourth-order valence-corrected chi connectivity index (χ4v) is 3.18. The van der Waals surface area contributed by atoms with Gasteiger partial charge in [-0.25, -0.2) is 9.07 Å². The van der Waals surface area contributed by atoms with E-state index in [4.69, 9.17) is 9.47 Å². The predicted octanol–water partition coefficient (Wildman–Crippen LogP) is 4.57. The number of aryl methyl sites for hydroxylation is 1. The third kappa shape index (κ3) is 5.44. The molecule has 0 amide bonds. The van der Waals surface area contributed by atoms with Gasteiger partial charge in [0.15, 0.2) is 11.5 Å². The molecular formula is C20H23BrFN5O2. The van der Waals surface area contributed by atoms with E-state index in [0.29, 0.717) is 29.6 Å². The summed E-state index contributed by atoms with van der Waals surface area (Å²) < 4.78 is 27.7. The van der Waals surface area contributed by atoms with Crippen molar-refractivity contribution < 1.29 is 13.9 Å². The second-order valence-corrected chi connectivity index (χ2v) is 7.26. The minimum atomic E-state index is -0.299. The van der Waals surface area contributed by atoms with Crippen molar-refractivity contribution >= 4 is 21.9 Å². The molecule has 9 heteroatoms. The van der Waals surface area contributed by atoms with Gasteiger partial charge in [-0.1, -0.05) is 52.6 Å². The van der Waals surface area contributed by atoms with Crippen molar-refractivity contribution in [1.82, 2.24) is 20.2 Å². The molecule has 0 saturated carbocycles. The SMILES string of the molecule is CCCCn1nnnc1NCc1cc(OC)c(OCc2ccccc2F)cc1Br. The summed E-state index contributed by atoms with van der Waals surface area (Å²) in [7, 11) is 1.57. The van der Waals surface area contributed by atoms with Crippen LogP contribution in [0.5, 0.6) is 11.5 Å². The minimum Gasteiger partial charge on any atom is -0.493 e. The molecule has 1 aromatic heterocycles. The highest BCUT2D eigenvalue weighted by Gasteiger charge is 2.13. The van der Waals surface area contributed by atoms with Crippen LogP contribution in [0.1, 0.15) is 30.9 Å². The standard InChI is InChI=1S/C20H23BrFN5O2/c1-3-4-9-27-20(24-25-26-27)23-12-15-10-18(28-2)19(11-16(15)21)29-13-14-7-5-6-8-17(14)22/h5-8,10-11H,3-4,9,12-13H2,1-2H3,(H,23,24,26). The first-order valence-electron chi connectivity index (χ1n) is 9.35. The van der Waals surface area contributed by atoms with Gasteiger partial charge in [-0.15, -0.1) is 0 Å². The molecule has 7 nitrogen and oxygen atoms in total. The number of tetrazole rings is 1. The van der Waals surface area contributed by atoms with Crippen LogP contribution in [0.15, 0.2) is 40.9 Å². The number of hydrogen-bond acceptors (Lipinski definition) is 6. The monoisotopic (exact) mass is 463 g/mol. The Bertz CT molecular complexity index is 950. The van der Waals surface area contributed by atoms with Crippen molar-refractivity contribution in [3.05, 3.63) is 57.8 Å². The van der Waals surface area contributed by atoms with Crippen molar-refractivity contribution in [3.63, 3.8) is 0 Å². The molecule has 0 aliphatic heterocycles. The third-order valence-electron chi connectivity index (χ3n) is 4.37. The maximum atomic E-state index is 13.8. The van der Waals surface area contributed by atoms with Crippen LogP contribution in [0.4, 0.5) is 10.3 Å². The van der Waals surface area contributed by atoms with Crippen LogP contribution in [0.2, 0.25) is 0 Å². The number of aromatic nitrogens is 4. The summed E-state index contributed by atoms with van der Waals surface area (Å²) in [6.07, 6.45) is 2.07. The summed E-state index contributed by atoms with van der Waals surface area (Å²) in [6, 6.07) is 10.2. The number of methoxy groups -OCH3 is 1. The molecule has 3 aromatic rings. The Morgan fingerprint density at radius 1 is 1.17 bits per heavy atom. The van der Waals surface area contributed by atoms with Gasteiger partial charge in [0.25, 0.3) is 0 Å². The Hall–Kier alpha value is -2.68. The highest BCUT2D eigenvalue weighted by atomic mass is 79.9. The lowest BCUT2D eigenvalue weighted by molar-refractivity contribution is 0.279. The van der Waals surface area contributed by atoms with Crippen LogP contribution < -0.4 is 14.8 Å². The fraction of sp³-hybridized carbons (Fsp3) is 0.350. The Labute approximate surface area is 177 Å². The topological polar surface area (TPSA) is 74.1 Å². The summed E-state index contributed by atoms with van der Waals surface area (Å²) in [4.78, 5) is 0. The van der Waals surface area contributed by atoms with E-state index in [-0.39, 0.29) is 12.4 Å². The maximum absolute atomic E-state index is 13.8. The van der Waals surface area contributed by atoms with Crippen molar-refractivity contribution in [2.75, 3.05) is 12.4 Å². The zero-order chi connectivity index (χ0) is 20.6. The molecule has 154 valence electrons. The van der Waals surface area contributed by atoms with Crippen molar-refractivity contribution in [2.24, 2.45) is 0 Å². The molecule has 0 unspecified atom stereocenters. The molecule has 1 N–H and O–H groups in total. The quantitative estimate of drug-likeness (QED) is 0.474. The van der Waals surface area contributed by atoms with Crippen LogP contribution in [0.3, 0.4) is 0 Å². The number of halogens is 2. The van der Waals surface area contributed by atoms with Crippen LogP contribution in [0, 0.1) is 5.82 Å². The summed E-state index contributed by atoms with van der Waals surface area (Å²) >= 11 is 3.57. The normalized spacial score (nSPS) is 10.8. The smallest absolute Gasteiger partial charge is 0.243 e. The van der Waals surface area contributed by atoms with Crippen molar-refractivity contribution in [1.29, 1.82) is 0 Å². The molecular weight excluding hydrogens is 441 g/mol. The lowest BCUT2D eigenvalue weighted by Gasteiger charge is -2.15. The summed E-state index contributed by atoms with van der Waals surface area (Å²) in [5.74, 6) is 1.41. The zero-order valence-electron chi connectivity index (χ0n) is 16.4. The van der Waals surface area contributed by atoms with E-state index in [0.717, 1.165) is 29.4 Å². The molecule has 0 radical (unpaired) electrons. The van der Waals surface area contributed by atoms with Gasteiger partial charge in [0, 0.05) is 23.1 Å². The van der Waals surface area contributed by atoms with Crippen LogP contribution >= 0.6 is 15.9 Å². The van der Waals surface area contributed by atoms with Gasteiger partial charge in [0.1, 0.15) is 12.4 Å². The first-order chi connectivity index (χ1) is 14.1. The lowest BCUT2D eigenvalue weighted by atomic mass is 10.2. The molecule has 0 aliphatic carbocycles. The number of anilines is 1. The number of rotatable bonds is 10. The molecule has 0 fully saturated rings. The molecule has 0 saturated heterocycles. The van der Waals surface area contributed by atoms with Crippen LogP contribution in [-0.4, -0.2) is 27.3 Å². The molecule has 0 atom stereocenters. The number of nitrogens with zero attached hydrogens (tertiary/aromatic N) is 4. The van der Waals surface area contributed by atoms with E-state index in [9.17, 15) is 4.39 Å². The number of benzene rings is 2. The highest BCUT2D eigenvalue weighted by Crippen LogP contribution is 2.34. The second kappa shape index (κ2) is 10.2. The van der Waals surface area contributed by atoms with Gasteiger partial charge in [-0.05, 0) is 40.6 Å². The van der Waals surface area contributed by atoms with Gasteiger partial charge in [-0.2, -0.15) is 0 Å². The average Bonchev–Trinajstić information content (AvgIpc) is 3.18. The molecule has 2 aromatic carbocycles. The van der Waals surface area contributed by atoms with E-state index in [1.807, 2.05) is 12.1 Å². The van der Waals surface area contributed by atoms with Gasteiger partial charge in [-0.3, -0.25) is 0 Å². The van der Waals surface area contributed by atoms with E-state index in [1.54, 1.807) is 30.0 Å². The van der Waals surface area contributed by atoms with Crippen LogP contribution in [0.25, 0.3) is 0 Å². The predicted molar refractivity (Wildman–Crippen MR) is 111 cm³/mol. The van der Waals surface area contributed by atoms with E-state index in [1.165, 1.54) is 6.07 Å². The van der Waals surface area contributed by atoms with Crippen LogP contribution in [-0.2, 0) is 19.7 Å². The van der Waals surface area contributed by atoms with Gasteiger partial charge in [0.05, 0.1) is 7.11 Å². The summed E-state index contributed by atoms with van der Waals surface area (Å²) in [5.41, 5.74) is 1.43. The van der Waals surface area contributed by atoms with E-state index >= 15 is 0 Å². The first kappa shape index (κ1) is 21.0. The van der Waals surface area contributed by atoms with E-state index < -0.39 is 0 Å². The molecule has 0 bridgehead atoms. The molecule has 0 aliphatic rings. The highest BCUT2D eigenvalue weighted by molar-refractivity contribution is 9.10. The zero-order valence-corrected chi connectivity index (χ0v) is 17.9. The lowest BCUT2D eigenvalue weighted by Crippen LogP contribution is -2.10. The van der Waals surface area contributed by atoms with Crippen molar-refractivity contribution in [2.45, 2.75) is 39.5 Å². The first-order valence-corrected chi connectivity index (χ1v) is 10.1. The number of ether oxygens (including phenoxy) is 2. The van der Waals surface area contributed by atoms with Crippen molar-refractivity contribution in [3.8, 4) is 11.5 Å². The summed E-state index contributed by atoms with van der Waals surface area (Å²) in [5, 5.41) is 15.0. The van der Waals surface area contributed by atoms with Gasteiger partial charge in [0.2, 0.25) is 5.95 Å². The molecule has 1 heterocycles. The summed E-state index contributed by atoms with van der Waals surface area (Å²) in [6.45, 7) is 3.49. The molecule has 3 rings (SSSR count). The maximum Gasteiger partial charge on any atom is 0.243 e. The molecule has 29 heavy (non-hydrogen) atoms. The fourth-order valence-electron chi connectivity index (χ4n) is 2.72. The minimum absolute atomic E-state index is 0.110. The van der Waals surface area contributed by atoms with Gasteiger partial charge < -0.3 is 14.8 Å². The third-order valence-corrected chi connectivity index (χ3v) is 5.10. The Morgan fingerprint density at radius 3 is 2.76 bits per heavy atom. The Balaban J connectivity index is 1.70. The molecule has 0 spiro atoms. The number of unbranched alkanes of at least 4 members (excludes halogenated alkanes) is 1. The Morgan fingerprint density at radius 2 is 2.00 bits per heavy atom. The van der Waals surface area contributed by atoms with E-state index in [2.05, 4.69) is 43.7 Å². The largest absolute Gasteiger partial charge is 0.493 e. The van der Waals surface area contributed by atoms with Gasteiger partial charge >= 0.3 is 0 Å². The number of nitrogens with one attached hydrogen (secondary N) is 1. The second-order valence-electron chi connectivity index (χ2n) is 6.41. The average molecular weight is 464 g/mol. The number of hydrogen-bond donors (Lipinski definition) is 1.